The number of likely N-dealkylation sites (tertiary alicyclic amines) is 1. The van der Waals surface area contributed by atoms with Crippen LogP contribution in [0.25, 0.3) is 0 Å². The number of nitrogens with zero attached hydrogens (tertiary/aromatic N) is 3. The van der Waals surface area contributed by atoms with Crippen LogP contribution in [-0.4, -0.2) is 78.9 Å². The molecule has 7 nitrogen and oxygen atoms in total. The summed E-state index contributed by atoms with van der Waals surface area (Å²) in [7, 11) is 1.52. The Hall–Kier alpha value is -1.06. The second kappa shape index (κ2) is 7.88. The third-order valence-corrected chi connectivity index (χ3v) is 5.54. The molecule has 1 N–H and O–H groups in total. The minimum atomic E-state index is -0.927. The first-order valence-corrected chi connectivity index (χ1v) is 9.23. The van der Waals surface area contributed by atoms with Crippen LogP contribution >= 0.6 is 11.3 Å². The number of rotatable bonds is 5. The highest BCUT2D eigenvalue weighted by Crippen LogP contribution is 2.33. The van der Waals surface area contributed by atoms with Crippen LogP contribution in [0.2, 0.25) is 0 Å². The summed E-state index contributed by atoms with van der Waals surface area (Å²) >= 11 is 1.60. The zero-order valence-electron chi connectivity index (χ0n) is 14.1. The summed E-state index contributed by atoms with van der Waals surface area (Å²) in [6.45, 7) is 5.37. The average molecular weight is 355 g/mol. The van der Waals surface area contributed by atoms with Crippen LogP contribution in [-0.2, 0) is 26.4 Å². The third kappa shape index (κ3) is 4.12. The van der Waals surface area contributed by atoms with E-state index in [4.69, 9.17) is 9.47 Å². The number of aliphatic hydroxyl groups is 1. The first-order chi connectivity index (χ1) is 11.6. The van der Waals surface area contributed by atoms with Gasteiger partial charge in [-0.25, -0.2) is 4.98 Å². The van der Waals surface area contributed by atoms with Crippen LogP contribution in [0.3, 0.4) is 0 Å². The molecular formula is C16H25N3O4S. The second-order valence-corrected chi connectivity index (χ2v) is 7.30. The van der Waals surface area contributed by atoms with Crippen LogP contribution < -0.4 is 0 Å². The lowest BCUT2D eigenvalue weighted by Crippen LogP contribution is -2.46. The van der Waals surface area contributed by atoms with Gasteiger partial charge in [-0.2, -0.15) is 0 Å². The van der Waals surface area contributed by atoms with Crippen LogP contribution in [0.5, 0.6) is 0 Å². The molecule has 2 saturated heterocycles. The Balaban J connectivity index is 1.57. The zero-order valence-corrected chi connectivity index (χ0v) is 14.9. The summed E-state index contributed by atoms with van der Waals surface area (Å²) in [6.07, 6.45) is 1.03. The van der Waals surface area contributed by atoms with E-state index in [1.165, 1.54) is 7.11 Å². The van der Waals surface area contributed by atoms with Crippen LogP contribution in [0, 0.1) is 0 Å². The van der Waals surface area contributed by atoms with Crippen molar-refractivity contribution in [3.8, 4) is 0 Å². The second-order valence-electron chi connectivity index (χ2n) is 6.36. The molecule has 3 rings (SSSR count). The molecule has 134 valence electrons. The van der Waals surface area contributed by atoms with Gasteiger partial charge < -0.3 is 19.5 Å². The Kier molecular flexibility index (Phi) is 5.83. The molecule has 0 radical (unpaired) electrons. The molecule has 0 aromatic carbocycles. The molecular weight excluding hydrogens is 330 g/mol. The Morgan fingerprint density at radius 1 is 1.38 bits per heavy atom. The van der Waals surface area contributed by atoms with Crippen molar-refractivity contribution in [3.05, 3.63) is 16.1 Å². The van der Waals surface area contributed by atoms with Gasteiger partial charge in [0.2, 0.25) is 5.91 Å². The first kappa shape index (κ1) is 17.8. The normalized spacial score (nSPS) is 21.8. The van der Waals surface area contributed by atoms with Crippen molar-refractivity contribution < 1.29 is 19.4 Å². The van der Waals surface area contributed by atoms with E-state index in [9.17, 15) is 9.90 Å². The zero-order chi connectivity index (χ0) is 17.0. The molecule has 1 amide bonds. The number of methoxy groups -OCH3 is 1. The number of hydrogen-bond donors (Lipinski definition) is 1. The van der Waals surface area contributed by atoms with Crippen molar-refractivity contribution in [3.63, 3.8) is 0 Å². The SMILES string of the molecule is COCC(=O)N1CCC(O)(c2csc(CN3CCOCC3)n2)CC1. The molecule has 0 saturated carbocycles. The Morgan fingerprint density at radius 2 is 2.08 bits per heavy atom. The van der Waals surface area contributed by atoms with E-state index < -0.39 is 5.60 Å². The van der Waals surface area contributed by atoms with Gasteiger partial charge >= 0.3 is 0 Å². The number of carbonyl (C=O) groups excluding carboxylic acids is 1. The lowest BCUT2D eigenvalue weighted by molar-refractivity contribution is -0.139. The molecule has 1 aromatic heterocycles. The number of morpholine rings is 1. The highest BCUT2D eigenvalue weighted by molar-refractivity contribution is 7.09. The fraction of sp³-hybridized carbons (Fsp3) is 0.750. The largest absolute Gasteiger partial charge is 0.383 e. The maximum Gasteiger partial charge on any atom is 0.248 e. The van der Waals surface area contributed by atoms with Gasteiger partial charge in [0.1, 0.15) is 17.2 Å². The van der Waals surface area contributed by atoms with E-state index in [0.29, 0.717) is 25.9 Å². The average Bonchev–Trinajstić information content (AvgIpc) is 3.06. The fourth-order valence-corrected chi connectivity index (χ4v) is 4.07. The number of thiazole rings is 1. The van der Waals surface area contributed by atoms with E-state index in [1.54, 1.807) is 16.2 Å². The molecule has 24 heavy (non-hydrogen) atoms. The predicted octanol–water partition coefficient (Wildman–Crippen LogP) is 0.432. The molecule has 0 aliphatic carbocycles. The van der Waals surface area contributed by atoms with Crippen molar-refractivity contribution in [1.82, 2.24) is 14.8 Å². The van der Waals surface area contributed by atoms with E-state index in [-0.39, 0.29) is 12.5 Å². The third-order valence-electron chi connectivity index (χ3n) is 4.70. The smallest absolute Gasteiger partial charge is 0.248 e. The van der Waals surface area contributed by atoms with Crippen LogP contribution in [0.1, 0.15) is 23.5 Å². The summed E-state index contributed by atoms with van der Waals surface area (Å²) in [5.74, 6) is -0.0224. The number of piperidine rings is 1. The topological polar surface area (TPSA) is 75.1 Å². The number of ether oxygens (including phenoxy) is 2. The van der Waals surface area contributed by atoms with Gasteiger partial charge in [-0.1, -0.05) is 0 Å². The van der Waals surface area contributed by atoms with Gasteiger partial charge in [-0.15, -0.1) is 11.3 Å². The van der Waals surface area contributed by atoms with Crippen molar-refractivity contribution in [2.24, 2.45) is 0 Å². The van der Waals surface area contributed by atoms with Crippen molar-refractivity contribution in [2.45, 2.75) is 25.0 Å². The van der Waals surface area contributed by atoms with E-state index in [2.05, 4.69) is 9.88 Å². The first-order valence-electron chi connectivity index (χ1n) is 8.35. The summed E-state index contributed by atoms with van der Waals surface area (Å²) in [4.78, 5) is 20.6. The van der Waals surface area contributed by atoms with Gasteiger partial charge in [-0.05, 0) is 12.8 Å². The van der Waals surface area contributed by atoms with Crippen molar-refractivity contribution in [1.29, 1.82) is 0 Å². The van der Waals surface area contributed by atoms with Gasteiger partial charge in [0.05, 0.1) is 25.5 Å². The molecule has 2 aliphatic rings. The number of amides is 1. The van der Waals surface area contributed by atoms with E-state index in [0.717, 1.165) is 43.5 Å². The Bertz CT molecular complexity index is 551. The Labute approximate surface area is 146 Å². The highest BCUT2D eigenvalue weighted by atomic mass is 32.1. The van der Waals surface area contributed by atoms with Crippen LogP contribution in [0.15, 0.2) is 5.38 Å². The molecule has 2 fully saturated rings. The van der Waals surface area contributed by atoms with Gasteiger partial charge in [0.15, 0.2) is 0 Å². The minimum Gasteiger partial charge on any atom is -0.383 e. The standard InChI is InChI=1S/C16H25N3O4S/c1-22-11-15(20)19-4-2-16(21,3-5-19)13-12-24-14(17-13)10-18-6-8-23-9-7-18/h12,21H,2-11H2,1H3. The maximum absolute atomic E-state index is 11.9. The molecule has 8 heteroatoms. The summed E-state index contributed by atoms with van der Waals surface area (Å²) in [6, 6.07) is 0. The molecule has 0 unspecified atom stereocenters. The monoisotopic (exact) mass is 355 g/mol. The number of aromatic nitrogens is 1. The molecule has 1 aromatic rings. The fourth-order valence-electron chi connectivity index (χ4n) is 3.14. The molecule has 3 heterocycles. The summed E-state index contributed by atoms with van der Waals surface area (Å²) in [5.41, 5.74) is -0.182. The Morgan fingerprint density at radius 3 is 2.75 bits per heavy atom. The maximum atomic E-state index is 11.9. The van der Waals surface area contributed by atoms with Crippen molar-refractivity contribution >= 4 is 17.2 Å². The van der Waals surface area contributed by atoms with Gasteiger partial charge in [-0.3, -0.25) is 9.69 Å². The van der Waals surface area contributed by atoms with E-state index in [1.807, 2.05) is 5.38 Å². The molecule has 2 aliphatic heterocycles. The molecule has 0 spiro atoms. The quantitative estimate of drug-likeness (QED) is 0.826. The molecule has 0 atom stereocenters. The minimum absolute atomic E-state index is 0.0224. The van der Waals surface area contributed by atoms with Gasteiger partial charge in [0.25, 0.3) is 0 Å². The lowest BCUT2D eigenvalue weighted by atomic mass is 9.89. The predicted molar refractivity (Wildman–Crippen MR) is 89.8 cm³/mol. The number of carbonyl (C=O) groups is 1. The summed E-state index contributed by atoms with van der Waals surface area (Å²) < 4.78 is 10.3. The van der Waals surface area contributed by atoms with Crippen molar-refractivity contribution in [2.75, 3.05) is 53.1 Å². The summed E-state index contributed by atoms with van der Waals surface area (Å²) in [5, 5.41) is 13.9. The highest BCUT2D eigenvalue weighted by Gasteiger charge is 2.37. The number of hydrogen-bond acceptors (Lipinski definition) is 7. The van der Waals surface area contributed by atoms with Gasteiger partial charge in [0, 0.05) is 38.7 Å². The molecule has 0 bridgehead atoms. The van der Waals surface area contributed by atoms with Crippen LogP contribution in [0.4, 0.5) is 0 Å². The lowest BCUT2D eigenvalue weighted by Gasteiger charge is -2.37. The van der Waals surface area contributed by atoms with E-state index >= 15 is 0 Å².